The number of halogens is 2. The van der Waals surface area contributed by atoms with Crippen molar-refractivity contribution in [2.24, 2.45) is 5.73 Å². The van der Waals surface area contributed by atoms with Crippen molar-refractivity contribution in [1.82, 2.24) is 0 Å². The molecule has 1 heterocycles. The number of hydrogen-bond donors (Lipinski definition) is 1. The highest BCUT2D eigenvalue weighted by Crippen LogP contribution is 2.35. The minimum absolute atomic E-state index is 0.155. The SMILES string of the molecule is C=CCCCC(N)c1cc(Br)c(Br)s1. The zero-order valence-corrected chi connectivity index (χ0v) is 11.8. The Kier molecular flexibility index (Phi) is 5.38. The second-order valence-electron chi connectivity index (χ2n) is 3.10. The summed E-state index contributed by atoms with van der Waals surface area (Å²) in [4.78, 5) is 1.23. The van der Waals surface area contributed by atoms with Gasteiger partial charge < -0.3 is 5.73 Å². The molecular weight excluding hydrogens is 326 g/mol. The smallest absolute Gasteiger partial charge is 0.0843 e. The maximum atomic E-state index is 6.05. The Morgan fingerprint density at radius 2 is 2.29 bits per heavy atom. The summed E-state index contributed by atoms with van der Waals surface area (Å²) in [5, 5.41) is 0. The summed E-state index contributed by atoms with van der Waals surface area (Å²) in [6.45, 7) is 3.70. The summed E-state index contributed by atoms with van der Waals surface area (Å²) in [6, 6.07) is 2.25. The predicted molar refractivity (Wildman–Crippen MR) is 70.7 cm³/mol. The zero-order valence-electron chi connectivity index (χ0n) is 7.80. The van der Waals surface area contributed by atoms with E-state index in [1.807, 2.05) is 6.08 Å². The third-order valence-electron chi connectivity index (χ3n) is 1.95. The standard InChI is InChI=1S/C10H13Br2NS/c1-2-3-4-5-8(13)9-6-7(11)10(12)14-9/h2,6,8H,1,3-5,13H2. The molecule has 0 saturated heterocycles. The van der Waals surface area contributed by atoms with Crippen LogP contribution in [0.4, 0.5) is 0 Å². The summed E-state index contributed by atoms with van der Waals surface area (Å²) in [5.74, 6) is 0. The quantitative estimate of drug-likeness (QED) is 0.614. The Balaban J connectivity index is 2.51. The number of thiophene rings is 1. The van der Waals surface area contributed by atoms with Crippen LogP contribution < -0.4 is 5.73 Å². The normalized spacial score (nSPS) is 12.8. The molecule has 0 aliphatic heterocycles. The van der Waals surface area contributed by atoms with Crippen molar-refractivity contribution in [3.8, 4) is 0 Å². The van der Waals surface area contributed by atoms with Gasteiger partial charge in [0.25, 0.3) is 0 Å². The number of unbranched alkanes of at least 4 members (excludes halogenated alkanes) is 1. The molecule has 0 aromatic carbocycles. The first-order valence-electron chi connectivity index (χ1n) is 4.46. The second kappa shape index (κ2) is 6.05. The van der Waals surface area contributed by atoms with Crippen LogP contribution in [0, 0.1) is 0 Å². The van der Waals surface area contributed by atoms with Crippen molar-refractivity contribution in [3.63, 3.8) is 0 Å². The molecular formula is C10H13Br2NS. The number of allylic oxidation sites excluding steroid dienone is 1. The van der Waals surface area contributed by atoms with E-state index in [2.05, 4.69) is 44.5 Å². The molecule has 1 aromatic rings. The van der Waals surface area contributed by atoms with Gasteiger partial charge in [0.2, 0.25) is 0 Å². The molecule has 1 nitrogen and oxygen atoms in total. The Hall–Kier alpha value is 0.360. The molecule has 2 N–H and O–H groups in total. The highest BCUT2D eigenvalue weighted by Gasteiger charge is 2.10. The van der Waals surface area contributed by atoms with E-state index in [9.17, 15) is 0 Å². The van der Waals surface area contributed by atoms with Crippen LogP contribution in [0.3, 0.4) is 0 Å². The van der Waals surface area contributed by atoms with Crippen molar-refractivity contribution < 1.29 is 0 Å². The van der Waals surface area contributed by atoms with E-state index in [1.54, 1.807) is 11.3 Å². The molecule has 0 amide bonds. The first-order chi connectivity index (χ1) is 6.65. The van der Waals surface area contributed by atoms with E-state index in [0.29, 0.717) is 0 Å². The lowest BCUT2D eigenvalue weighted by Crippen LogP contribution is -2.07. The average Bonchev–Trinajstić information content (AvgIpc) is 2.47. The van der Waals surface area contributed by atoms with Gasteiger partial charge in [-0.15, -0.1) is 17.9 Å². The Labute approximate surface area is 106 Å². The van der Waals surface area contributed by atoms with Crippen LogP contribution in [0.1, 0.15) is 30.2 Å². The molecule has 0 aliphatic carbocycles. The predicted octanol–water partition coefficient (Wildman–Crippen LogP) is 4.63. The average molecular weight is 339 g/mol. The topological polar surface area (TPSA) is 26.0 Å². The van der Waals surface area contributed by atoms with Gasteiger partial charge in [-0.1, -0.05) is 6.08 Å². The van der Waals surface area contributed by atoms with Gasteiger partial charge in [-0.25, -0.2) is 0 Å². The Morgan fingerprint density at radius 1 is 1.57 bits per heavy atom. The molecule has 0 bridgehead atoms. The molecule has 78 valence electrons. The number of rotatable bonds is 5. The first-order valence-corrected chi connectivity index (χ1v) is 6.86. The summed E-state index contributed by atoms with van der Waals surface area (Å²) in [6.07, 6.45) is 5.11. The first kappa shape index (κ1) is 12.4. The summed E-state index contributed by atoms with van der Waals surface area (Å²) in [5.41, 5.74) is 6.05. The van der Waals surface area contributed by atoms with Crippen LogP contribution >= 0.6 is 43.2 Å². The fourth-order valence-electron chi connectivity index (χ4n) is 1.17. The third kappa shape index (κ3) is 3.50. The molecule has 4 heteroatoms. The third-order valence-corrected chi connectivity index (χ3v) is 5.34. The van der Waals surface area contributed by atoms with Crippen LogP contribution in [0.5, 0.6) is 0 Å². The van der Waals surface area contributed by atoms with Gasteiger partial charge in [0, 0.05) is 15.4 Å². The Bertz CT molecular complexity index is 290. The largest absolute Gasteiger partial charge is 0.323 e. The van der Waals surface area contributed by atoms with Crippen LogP contribution in [-0.4, -0.2) is 0 Å². The van der Waals surface area contributed by atoms with E-state index in [1.165, 1.54) is 4.88 Å². The molecule has 1 atom stereocenters. The van der Waals surface area contributed by atoms with Crippen molar-refractivity contribution in [2.45, 2.75) is 25.3 Å². The van der Waals surface area contributed by atoms with Crippen molar-refractivity contribution >= 4 is 43.2 Å². The van der Waals surface area contributed by atoms with Crippen molar-refractivity contribution in [2.75, 3.05) is 0 Å². The van der Waals surface area contributed by atoms with E-state index in [-0.39, 0.29) is 6.04 Å². The van der Waals surface area contributed by atoms with Gasteiger partial charge in [0.05, 0.1) is 3.79 Å². The lowest BCUT2D eigenvalue weighted by Gasteiger charge is -2.07. The fraction of sp³-hybridized carbons (Fsp3) is 0.400. The summed E-state index contributed by atoms with van der Waals surface area (Å²) >= 11 is 8.62. The highest BCUT2D eigenvalue weighted by atomic mass is 79.9. The maximum absolute atomic E-state index is 6.05. The van der Waals surface area contributed by atoms with E-state index in [4.69, 9.17) is 5.73 Å². The van der Waals surface area contributed by atoms with Crippen molar-refractivity contribution in [3.05, 3.63) is 31.9 Å². The minimum atomic E-state index is 0.155. The van der Waals surface area contributed by atoms with E-state index < -0.39 is 0 Å². The zero-order chi connectivity index (χ0) is 10.6. The van der Waals surface area contributed by atoms with Gasteiger partial charge in [-0.3, -0.25) is 0 Å². The van der Waals surface area contributed by atoms with E-state index in [0.717, 1.165) is 27.5 Å². The molecule has 1 rings (SSSR count). The fourth-order valence-corrected chi connectivity index (χ4v) is 3.30. The molecule has 0 radical (unpaired) electrons. The van der Waals surface area contributed by atoms with Crippen LogP contribution in [-0.2, 0) is 0 Å². The van der Waals surface area contributed by atoms with Crippen LogP contribution in [0.15, 0.2) is 27.0 Å². The van der Waals surface area contributed by atoms with Crippen LogP contribution in [0.2, 0.25) is 0 Å². The number of nitrogens with two attached hydrogens (primary N) is 1. The van der Waals surface area contributed by atoms with Crippen LogP contribution in [0.25, 0.3) is 0 Å². The monoisotopic (exact) mass is 337 g/mol. The molecule has 14 heavy (non-hydrogen) atoms. The molecule has 0 fully saturated rings. The maximum Gasteiger partial charge on any atom is 0.0843 e. The molecule has 0 aliphatic rings. The lowest BCUT2D eigenvalue weighted by molar-refractivity contribution is 0.626. The second-order valence-corrected chi connectivity index (χ2v) is 6.35. The summed E-state index contributed by atoms with van der Waals surface area (Å²) in [7, 11) is 0. The van der Waals surface area contributed by atoms with Gasteiger partial charge in [0.1, 0.15) is 0 Å². The van der Waals surface area contributed by atoms with Gasteiger partial charge in [0.15, 0.2) is 0 Å². The van der Waals surface area contributed by atoms with E-state index >= 15 is 0 Å². The molecule has 0 saturated carbocycles. The molecule has 0 spiro atoms. The Morgan fingerprint density at radius 3 is 2.79 bits per heavy atom. The molecule has 1 aromatic heterocycles. The molecule has 1 unspecified atom stereocenters. The summed E-state index contributed by atoms with van der Waals surface area (Å²) < 4.78 is 2.21. The highest BCUT2D eigenvalue weighted by molar-refractivity contribution is 9.13. The van der Waals surface area contributed by atoms with Gasteiger partial charge in [-0.05, 0) is 57.2 Å². The van der Waals surface area contributed by atoms with Crippen molar-refractivity contribution in [1.29, 1.82) is 0 Å². The van der Waals surface area contributed by atoms with Gasteiger partial charge in [-0.2, -0.15) is 0 Å². The lowest BCUT2D eigenvalue weighted by atomic mass is 10.1. The minimum Gasteiger partial charge on any atom is -0.323 e. The number of hydrogen-bond acceptors (Lipinski definition) is 2. The van der Waals surface area contributed by atoms with Gasteiger partial charge >= 0.3 is 0 Å².